The molecule has 0 aliphatic carbocycles. The molecule has 0 spiro atoms. The third kappa shape index (κ3) is 6.56. The predicted octanol–water partition coefficient (Wildman–Crippen LogP) is -0.576. The molecule has 90 valence electrons. The molecule has 6 nitrogen and oxygen atoms in total. The maximum Gasteiger partial charge on any atom is 0.277 e. The fourth-order valence-electron chi connectivity index (χ4n) is 0.924. The summed E-state index contributed by atoms with van der Waals surface area (Å²) in [5.41, 5.74) is 0. The standard InChI is InChI=1S/C8H18N2O4S/c1-4-8(11)7(2)10-15(12,13)9-5-6-14-3/h7,9-10H,4-6H2,1-3H3. The van der Waals surface area contributed by atoms with Crippen molar-refractivity contribution in [2.45, 2.75) is 26.3 Å². The third-order valence-corrected chi connectivity index (χ3v) is 3.01. The fourth-order valence-corrected chi connectivity index (χ4v) is 1.96. The first-order valence-corrected chi connectivity index (χ1v) is 6.19. The molecule has 0 aliphatic rings. The summed E-state index contributed by atoms with van der Waals surface area (Å²) in [4.78, 5) is 11.1. The summed E-state index contributed by atoms with van der Waals surface area (Å²) in [6.45, 7) is 3.67. The van der Waals surface area contributed by atoms with Gasteiger partial charge in [0.25, 0.3) is 10.2 Å². The van der Waals surface area contributed by atoms with Crippen molar-refractivity contribution in [1.29, 1.82) is 0 Å². The molecule has 0 aromatic carbocycles. The van der Waals surface area contributed by atoms with E-state index in [1.807, 2.05) is 0 Å². The molecule has 0 aromatic heterocycles. The molecule has 0 amide bonds. The number of hydrogen-bond donors (Lipinski definition) is 2. The first kappa shape index (κ1) is 14.5. The van der Waals surface area contributed by atoms with Crippen LogP contribution < -0.4 is 9.44 Å². The first-order valence-electron chi connectivity index (χ1n) is 4.71. The molecule has 2 N–H and O–H groups in total. The van der Waals surface area contributed by atoms with Crippen LogP contribution in [0.4, 0.5) is 0 Å². The number of nitrogens with one attached hydrogen (secondary N) is 2. The Morgan fingerprint density at radius 2 is 2.07 bits per heavy atom. The Bertz CT molecular complexity index is 289. The van der Waals surface area contributed by atoms with Crippen LogP contribution in [0.2, 0.25) is 0 Å². The predicted molar refractivity (Wildman–Crippen MR) is 56.7 cm³/mol. The van der Waals surface area contributed by atoms with Gasteiger partial charge in [0, 0.05) is 20.1 Å². The second-order valence-corrected chi connectivity index (χ2v) is 4.58. The van der Waals surface area contributed by atoms with E-state index in [1.54, 1.807) is 6.92 Å². The molecule has 15 heavy (non-hydrogen) atoms. The van der Waals surface area contributed by atoms with Crippen molar-refractivity contribution in [3.8, 4) is 0 Å². The van der Waals surface area contributed by atoms with Gasteiger partial charge in [-0.3, -0.25) is 4.79 Å². The van der Waals surface area contributed by atoms with Crippen LogP contribution in [-0.4, -0.2) is 40.5 Å². The van der Waals surface area contributed by atoms with Gasteiger partial charge >= 0.3 is 0 Å². The van der Waals surface area contributed by atoms with E-state index in [-0.39, 0.29) is 18.9 Å². The SMILES string of the molecule is CCC(=O)C(C)NS(=O)(=O)NCCOC. The van der Waals surface area contributed by atoms with Crippen molar-refractivity contribution in [2.75, 3.05) is 20.3 Å². The maximum atomic E-state index is 11.3. The van der Waals surface area contributed by atoms with Crippen molar-refractivity contribution in [3.05, 3.63) is 0 Å². The zero-order valence-corrected chi connectivity index (χ0v) is 10.1. The van der Waals surface area contributed by atoms with Gasteiger partial charge < -0.3 is 4.74 Å². The Kier molecular flexibility index (Phi) is 6.66. The van der Waals surface area contributed by atoms with Crippen molar-refractivity contribution < 1.29 is 17.9 Å². The lowest BCUT2D eigenvalue weighted by Crippen LogP contribution is -2.45. The summed E-state index contributed by atoms with van der Waals surface area (Å²) in [6, 6.07) is -0.699. The monoisotopic (exact) mass is 238 g/mol. The molecule has 0 rings (SSSR count). The Hall–Kier alpha value is -0.500. The van der Waals surface area contributed by atoms with Gasteiger partial charge in [0.05, 0.1) is 12.6 Å². The maximum absolute atomic E-state index is 11.3. The van der Waals surface area contributed by atoms with E-state index in [1.165, 1.54) is 14.0 Å². The Morgan fingerprint density at radius 1 is 1.47 bits per heavy atom. The van der Waals surface area contributed by atoms with Crippen molar-refractivity contribution in [3.63, 3.8) is 0 Å². The van der Waals surface area contributed by atoms with Crippen LogP contribution in [0.5, 0.6) is 0 Å². The van der Waals surface area contributed by atoms with Gasteiger partial charge in [-0.2, -0.15) is 17.9 Å². The molecular formula is C8H18N2O4S. The van der Waals surface area contributed by atoms with Gasteiger partial charge in [-0.05, 0) is 6.92 Å². The van der Waals surface area contributed by atoms with Gasteiger partial charge in [-0.1, -0.05) is 6.92 Å². The summed E-state index contributed by atoms with van der Waals surface area (Å²) < 4.78 is 31.8. The van der Waals surface area contributed by atoms with Crippen molar-refractivity contribution in [2.24, 2.45) is 0 Å². The number of carbonyl (C=O) groups excluding carboxylic acids is 1. The Balaban J connectivity index is 4.08. The number of ketones is 1. The zero-order valence-electron chi connectivity index (χ0n) is 9.24. The summed E-state index contributed by atoms with van der Waals surface area (Å²) in [5, 5.41) is 0. The van der Waals surface area contributed by atoms with Crippen molar-refractivity contribution >= 4 is 16.0 Å². The van der Waals surface area contributed by atoms with Gasteiger partial charge in [0.1, 0.15) is 5.78 Å². The molecule has 0 aliphatic heterocycles. The second kappa shape index (κ2) is 6.89. The third-order valence-electron chi connectivity index (χ3n) is 1.76. The number of methoxy groups -OCH3 is 1. The number of ether oxygens (including phenoxy) is 1. The topological polar surface area (TPSA) is 84.5 Å². The first-order chi connectivity index (χ1) is 6.93. The number of hydrogen-bond acceptors (Lipinski definition) is 4. The average molecular weight is 238 g/mol. The highest BCUT2D eigenvalue weighted by Crippen LogP contribution is 1.92. The Morgan fingerprint density at radius 3 is 2.53 bits per heavy atom. The molecule has 0 saturated carbocycles. The molecule has 1 atom stereocenters. The highest BCUT2D eigenvalue weighted by Gasteiger charge is 2.17. The van der Waals surface area contributed by atoms with Crippen LogP contribution in [0.1, 0.15) is 20.3 Å². The van der Waals surface area contributed by atoms with E-state index in [2.05, 4.69) is 14.2 Å². The fraction of sp³-hybridized carbons (Fsp3) is 0.875. The highest BCUT2D eigenvalue weighted by molar-refractivity contribution is 7.87. The van der Waals surface area contributed by atoms with E-state index < -0.39 is 16.3 Å². The van der Waals surface area contributed by atoms with E-state index >= 15 is 0 Å². The van der Waals surface area contributed by atoms with Crippen LogP contribution in [0.15, 0.2) is 0 Å². The summed E-state index contributed by atoms with van der Waals surface area (Å²) >= 11 is 0. The lowest BCUT2D eigenvalue weighted by molar-refractivity contribution is -0.119. The van der Waals surface area contributed by atoms with Gasteiger partial charge in [0.2, 0.25) is 0 Å². The minimum Gasteiger partial charge on any atom is -0.383 e. The quantitative estimate of drug-likeness (QED) is 0.554. The lowest BCUT2D eigenvalue weighted by Gasteiger charge is -2.12. The smallest absolute Gasteiger partial charge is 0.277 e. The van der Waals surface area contributed by atoms with Crippen LogP contribution in [0, 0.1) is 0 Å². The molecule has 0 aromatic rings. The molecule has 0 bridgehead atoms. The van der Waals surface area contributed by atoms with Crippen LogP contribution in [0.3, 0.4) is 0 Å². The number of rotatable bonds is 8. The van der Waals surface area contributed by atoms with E-state index in [9.17, 15) is 13.2 Å². The van der Waals surface area contributed by atoms with Gasteiger partial charge in [0.15, 0.2) is 0 Å². The zero-order chi connectivity index (χ0) is 11.9. The van der Waals surface area contributed by atoms with Crippen LogP contribution in [-0.2, 0) is 19.7 Å². The van der Waals surface area contributed by atoms with Gasteiger partial charge in [-0.15, -0.1) is 0 Å². The number of Topliss-reactive ketones (excluding diaryl/α,β-unsaturated/α-hetero) is 1. The molecule has 7 heteroatoms. The van der Waals surface area contributed by atoms with Crippen LogP contribution in [0.25, 0.3) is 0 Å². The van der Waals surface area contributed by atoms with E-state index in [4.69, 9.17) is 0 Å². The largest absolute Gasteiger partial charge is 0.383 e. The average Bonchev–Trinajstić information content (AvgIpc) is 2.16. The molecule has 0 heterocycles. The Labute approximate surface area is 90.6 Å². The molecule has 0 fully saturated rings. The molecule has 0 radical (unpaired) electrons. The molecule has 1 unspecified atom stereocenters. The minimum atomic E-state index is -3.61. The lowest BCUT2D eigenvalue weighted by atomic mass is 10.2. The molecule has 0 saturated heterocycles. The normalized spacial score (nSPS) is 13.8. The van der Waals surface area contributed by atoms with Gasteiger partial charge in [-0.25, -0.2) is 0 Å². The van der Waals surface area contributed by atoms with Crippen LogP contribution >= 0.6 is 0 Å². The van der Waals surface area contributed by atoms with E-state index in [0.29, 0.717) is 6.42 Å². The molecular weight excluding hydrogens is 220 g/mol. The summed E-state index contributed by atoms with van der Waals surface area (Å²) in [6.07, 6.45) is 0.307. The summed E-state index contributed by atoms with van der Waals surface area (Å²) in [5.74, 6) is -0.146. The summed E-state index contributed by atoms with van der Waals surface area (Å²) in [7, 11) is -2.13. The second-order valence-electron chi connectivity index (χ2n) is 3.05. The minimum absolute atomic E-state index is 0.146. The number of carbonyl (C=O) groups is 1. The van der Waals surface area contributed by atoms with E-state index in [0.717, 1.165) is 0 Å². The highest BCUT2D eigenvalue weighted by atomic mass is 32.2. The van der Waals surface area contributed by atoms with Crippen molar-refractivity contribution in [1.82, 2.24) is 9.44 Å².